The van der Waals surface area contributed by atoms with Crippen LogP contribution in [-0.2, 0) is 0 Å². The predicted octanol–water partition coefficient (Wildman–Crippen LogP) is 3.89. The highest BCUT2D eigenvalue weighted by atomic mass is 16.5. The van der Waals surface area contributed by atoms with Gasteiger partial charge in [0.15, 0.2) is 11.5 Å². The summed E-state index contributed by atoms with van der Waals surface area (Å²) in [4.78, 5) is 15.7. The van der Waals surface area contributed by atoms with Gasteiger partial charge in [-0.3, -0.25) is 4.79 Å². The molecule has 7 heteroatoms. The molecule has 0 aliphatic carbocycles. The number of nitriles is 1. The van der Waals surface area contributed by atoms with Crippen LogP contribution in [0.3, 0.4) is 0 Å². The summed E-state index contributed by atoms with van der Waals surface area (Å²) in [5, 5.41) is 15.1. The van der Waals surface area contributed by atoms with Crippen LogP contribution in [0, 0.1) is 25.2 Å². The number of H-pyrrole nitrogens is 1. The highest BCUT2D eigenvalue weighted by Gasteiger charge is 2.24. The van der Waals surface area contributed by atoms with E-state index in [1.54, 1.807) is 30.0 Å². The summed E-state index contributed by atoms with van der Waals surface area (Å²) in [6, 6.07) is 15.2. The fourth-order valence-corrected chi connectivity index (χ4v) is 3.68. The molecule has 0 bridgehead atoms. The van der Waals surface area contributed by atoms with Gasteiger partial charge in [0.25, 0.3) is 5.56 Å². The van der Waals surface area contributed by atoms with E-state index in [1.165, 1.54) is 7.11 Å². The summed E-state index contributed by atoms with van der Waals surface area (Å²) in [7, 11) is 3.07. The molecule has 0 atom stereocenters. The smallest absolute Gasteiger partial charge is 0.268 e. The SMILES string of the molecule is COc1cccc(-c2c(C#N)c(=O)[nH]c3c2c(C)nn3-c2ccc(C)cc2)c1OC. The van der Waals surface area contributed by atoms with Crippen LogP contribution in [0.2, 0.25) is 0 Å². The van der Waals surface area contributed by atoms with Gasteiger partial charge < -0.3 is 14.5 Å². The molecule has 2 aromatic heterocycles. The number of fused-ring (bicyclic) bond motifs is 1. The van der Waals surface area contributed by atoms with Crippen molar-refractivity contribution < 1.29 is 9.47 Å². The molecule has 1 N–H and O–H groups in total. The van der Waals surface area contributed by atoms with Crippen LogP contribution >= 0.6 is 0 Å². The molecule has 0 amide bonds. The number of hydrogen-bond donors (Lipinski definition) is 1. The molecule has 2 heterocycles. The monoisotopic (exact) mass is 400 g/mol. The average Bonchev–Trinajstić information content (AvgIpc) is 3.08. The van der Waals surface area contributed by atoms with Gasteiger partial charge in [-0.2, -0.15) is 10.4 Å². The second-order valence-electron chi connectivity index (χ2n) is 6.91. The summed E-state index contributed by atoms with van der Waals surface area (Å²) in [5.74, 6) is 0.960. The van der Waals surface area contributed by atoms with Crippen LogP contribution in [0.15, 0.2) is 47.3 Å². The van der Waals surface area contributed by atoms with E-state index in [0.717, 1.165) is 11.3 Å². The lowest BCUT2D eigenvalue weighted by atomic mass is 9.96. The molecule has 0 unspecified atom stereocenters. The standard InChI is InChI=1S/C23H20N4O3/c1-13-8-10-15(11-9-13)27-22-19(14(2)26-27)20(17(12-24)23(28)25-22)16-6-5-7-18(29-3)21(16)30-4/h5-11H,1-4H3,(H,25,28). The topological polar surface area (TPSA) is 92.9 Å². The number of aromatic nitrogens is 3. The van der Waals surface area contributed by atoms with E-state index < -0.39 is 5.56 Å². The summed E-state index contributed by atoms with van der Waals surface area (Å²) < 4.78 is 12.7. The minimum absolute atomic E-state index is 0.000564. The maximum Gasteiger partial charge on any atom is 0.268 e. The maximum absolute atomic E-state index is 12.9. The number of ether oxygens (including phenoxy) is 2. The molecule has 150 valence electrons. The molecule has 7 nitrogen and oxygen atoms in total. The van der Waals surface area contributed by atoms with Crippen molar-refractivity contribution >= 4 is 11.0 Å². The number of methoxy groups -OCH3 is 2. The van der Waals surface area contributed by atoms with Gasteiger partial charge in [-0.15, -0.1) is 0 Å². The number of nitrogens with one attached hydrogen (secondary N) is 1. The number of hydrogen-bond acceptors (Lipinski definition) is 5. The van der Waals surface area contributed by atoms with Gasteiger partial charge in [-0.25, -0.2) is 4.68 Å². The highest BCUT2D eigenvalue weighted by molar-refractivity contribution is 6.00. The van der Waals surface area contributed by atoms with Crippen molar-refractivity contribution in [3.63, 3.8) is 0 Å². The van der Waals surface area contributed by atoms with Gasteiger partial charge in [0.2, 0.25) is 0 Å². The number of rotatable bonds is 4. The molecule has 4 rings (SSSR count). The Bertz CT molecular complexity index is 1360. The molecule has 0 aliphatic rings. The summed E-state index contributed by atoms with van der Waals surface area (Å²) >= 11 is 0. The first kappa shape index (κ1) is 19.3. The van der Waals surface area contributed by atoms with E-state index in [4.69, 9.17) is 9.47 Å². The van der Waals surface area contributed by atoms with Gasteiger partial charge >= 0.3 is 0 Å². The van der Waals surface area contributed by atoms with Crippen molar-refractivity contribution in [2.45, 2.75) is 13.8 Å². The Morgan fingerprint density at radius 2 is 1.80 bits per heavy atom. The maximum atomic E-state index is 12.9. The second kappa shape index (κ2) is 7.41. The molecule has 0 spiro atoms. The number of benzene rings is 2. The van der Waals surface area contributed by atoms with Crippen molar-refractivity contribution in [2.75, 3.05) is 14.2 Å². The number of aromatic amines is 1. The lowest BCUT2D eigenvalue weighted by molar-refractivity contribution is 0.356. The largest absolute Gasteiger partial charge is 0.493 e. The van der Waals surface area contributed by atoms with Crippen LogP contribution in [0.1, 0.15) is 16.8 Å². The number of pyridine rings is 1. The molecule has 2 aromatic carbocycles. The fraction of sp³-hybridized carbons (Fsp3) is 0.174. The zero-order valence-corrected chi connectivity index (χ0v) is 17.1. The lowest BCUT2D eigenvalue weighted by Gasteiger charge is -2.14. The van der Waals surface area contributed by atoms with Crippen LogP contribution in [0.4, 0.5) is 0 Å². The summed E-state index contributed by atoms with van der Waals surface area (Å²) in [6.45, 7) is 3.85. The Hall–Kier alpha value is -4.05. The van der Waals surface area contributed by atoms with Crippen LogP contribution in [0.25, 0.3) is 27.8 Å². The summed E-state index contributed by atoms with van der Waals surface area (Å²) in [5.41, 5.74) is 3.70. The molecule has 0 saturated heterocycles. The van der Waals surface area contributed by atoms with Crippen molar-refractivity contribution in [2.24, 2.45) is 0 Å². The molecule has 0 radical (unpaired) electrons. The van der Waals surface area contributed by atoms with Gasteiger partial charge in [-0.05, 0) is 32.0 Å². The summed E-state index contributed by atoms with van der Waals surface area (Å²) in [6.07, 6.45) is 0. The normalized spacial score (nSPS) is 10.8. The van der Waals surface area contributed by atoms with Gasteiger partial charge in [0.1, 0.15) is 17.3 Å². The Kier molecular flexibility index (Phi) is 4.76. The molecule has 30 heavy (non-hydrogen) atoms. The lowest BCUT2D eigenvalue weighted by Crippen LogP contribution is -2.14. The van der Waals surface area contributed by atoms with Gasteiger partial charge in [-0.1, -0.05) is 29.8 Å². The first-order valence-corrected chi connectivity index (χ1v) is 9.34. The Labute approximate surface area is 173 Å². The van der Waals surface area contributed by atoms with Gasteiger partial charge in [0, 0.05) is 16.5 Å². The Morgan fingerprint density at radius 1 is 1.07 bits per heavy atom. The molecular weight excluding hydrogens is 380 g/mol. The quantitative estimate of drug-likeness (QED) is 0.561. The first-order valence-electron chi connectivity index (χ1n) is 9.34. The zero-order chi connectivity index (χ0) is 21.4. The van der Waals surface area contributed by atoms with E-state index in [-0.39, 0.29) is 5.56 Å². The minimum Gasteiger partial charge on any atom is -0.493 e. The molecule has 4 aromatic rings. The zero-order valence-electron chi connectivity index (χ0n) is 17.1. The van der Waals surface area contributed by atoms with Crippen LogP contribution in [0.5, 0.6) is 11.5 Å². The van der Waals surface area contributed by atoms with E-state index in [2.05, 4.69) is 10.1 Å². The third-order valence-corrected chi connectivity index (χ3v) is 5.08. The average molecular weight is 400 g/mol. The molecular formula is C23H20N4O3. The van der Waals surface area contributed by atoms with Crippen molar-refractivity contribution in [3.8, 4) is 34.4 Å². The second-order valence-corrected chi connectivity index (χ2v) is 6.91. The molecule has 0 aliphatic heterocycles. The molecule has 0 fully saturated rings. The van der Waals surface area contributed by atoms with E-state index in [0.29, 0.717) is 39.4 Å². The number of aryl methyl sites for hydroxylation is 2. The van der Waals surface area contributed by atoms with Crippen molar-refractivity contribution in [1.82, 2.24) is 14.8 Å². The van der Waals surface area contributed by atoms with E-state index in [1.807, 2.05) is 44.2 Å². The Balaban J connectivity index is 2.15. The molecule has 0 saturated carbocycles. The van der Waals surface area contributed by atoms with Crippen LogP contribution < -0.4 is 15.0 Å². The van der Waals surface area contributed by atoms with E-state index >= 15 is 0 Å². The van der Waals surface area contributed by atoms with Gasteiger partial charge in [0.05, 0.1) is 25.6 Å². The third kappa shape index (κ3) is 2.90. The number of para-hydroxylation sites is 1. The minimum atomic E-state index is -0.488. The third-order valence-electron chi connectivity index (χ3n) is 5.08. The highest BCUT2D eigenvalue weighted by Crippen LogP contribution is 2.42. The fourth-order valence-electron chi connectivity index (χ4n) is 3.68. The Morgan fingerprint density at radius 3 is 2.43 bits per heavy atom. The van der Waals surface area contributed by atoms with E-state index in [9.17, 15) is 10.1 Å². The first-order chi connectivity index (χ1) is 14.5. The van der Waals surface area contributed by atoms with Crippen molar-refractivity contribution in [3.05, 3.63) is 69.6 Å². The van der Waals surface area contributed by atoms with Crippen molar-refractivity contribution in [1.29, 1.82) is 5.26 Å². The predicted molar refractivity (Wildman–Crippen MR) is 114 cm³/mol. The number of nitrogens with zero attached hydrogens (tertiary/aromatic N) is 3. The van der Waals surface area contributed by atoms with Crippen LogP contribution in [-0.4, -0.2) is 29.0 Å².